The Bertz CT molecular complexity index is 2170. The van der Waals surface area contributed by atoms with Gasteiger partial charge in [-0.25, -0.2) is 23.2 Å². The molecule has 4 heterocycles. The molecule has 0 spiro atoms. The molecule has 2 aliphatic carbocycles. The second kappa shape index (κ2) is 14.3. The summed E-state index contributed by atoms with van der Waals surface area (Å²) >= 11 is 0.741. The summed E-state index contributed by atoms with van der Waals surface area (Å²) in [6, 6.07) is 2.02. The maximum atomic E-state index is 14.5. The number of amides is 3. The summed E-state index contributed by atoms with van der Waals surface area (Å²) < 4.78 is 80.0. The lowest BCUT2D eigenvalue weighted by molar-refractivity contribution is -0.140. The predicted octanol–water partition coefficient (Wildman–Crippen LogP) is 6.06. The van der Waals surface area contributed by atoms with E-state index >= 15 is 0 Å². The van der Waals surface area contributed by atoms with E-state index in [-0.39, 0.29) is 48.0 Å². The molecule has 18 heteroatoms. The van der Waals surface area contributed by atoms with Gasteiger partial charge < -0.3 is 19.3 Å². The van der Waals surface area contributed by atoms with Crippen LogP contribution < -0.4 is 14.2 Å². The highest BCUT2D eigenvalue weighted by molar-refractivity contribution is 7.91. The van der Waals surface area contributed by atoms with Crippen molar-refractivity contribution in [2.24, 2.45) is 11.3 Å². The monoisotopic (exact) mass is 804 g/mol. The molecule has 0 bridgehead atoms. The molecule has 296 valence electrons. The van der Waals surface area contributed by atoms with Crippen molar-refractivity contribution in [1.29, 1.82) is 0 Å². The Morgan fingerprint density at radius 3 is 2.56 bits per heavy atom. The van der Waals surface area contributed by atoms with Gasteiger partial charge >= 0.3 is 12.2 Å². The van der Waals surface area contributed by atoms with Crippen molar-refractivity contribution in [3.8, 4) is 22.5 Å². The number of sulfonamides is 1. The number of aromatic nitrogens is 3. The molecule has 4 atom stereocenters. The topological polar surface area (TPSA) is 161 Å². The molecular weight excluding hydrogens is 762 g/mol. The zero-order valence-corrected chi connectivity index (χ0v) is 32.6. The Kier molecular flexibility index (Phi) is 10.1. The SMILES string of the molecule is COc1ccc2c(O[C@H]3CCN4C(=O)N(C)CCCC/C=C\[C@H]5C[C@@]5(C(=O)NS(=O)(=O)C5(C)CC5)CC(=O)[C@@H]4C3)nc(-c3nc(C(F)(F)F)cs3)nc2c1C. The second-order valence-electron chi connectivity index (χ2n) is 15.3. The van der Waals surface area contributed by atoms with E-state index < -0.39 is 55.9 Å². The summed E-state index contributed by atoms with van der Waals surface area (Å²) in [6.07, 6.45) is 1.94. The number of nitrogens with one attached hydrogen (secondary N) is 1. The molecule has 2 aromatic heterocycles. The van der Waals surface area contributed by atoms with Crippen molar-refractivity contribution in [2.75, 3.05) is 27.2 Å². The summed E-state index contributed by atoms with van der Waals surface area (Å²) in [5.74, 6) is -0.991. The number of halogens is 3. The van der Waals surface area contributed by atoms with Crippen molar-refractivity contribution in [3.05, 3.63) is 40.9 Å². The van der Waals surface area contributed by atoms with Crippen molar-refractivity contribution in [3.63, 3.8) is 0 Å². The van der Waals surface area contributed by atoms with E-state index in [1.807, 2.05) is 12.2 Å². The molecule has 1 saturated heterocycles. The maximum absolute atomic E-state index is 14.5. The van der Waals surface area contributed by atoms with E-state index in [1.54, 1.807) is 37.9 Å². The quantitative estimate of drug-likeness (QED) is 0.278. The van der Waals surface area contributed by atoms with Crippen LogP contribution in [0.5, 0.6) is 11.6 Å². The van der Waals surface area contributed by atoms with Gasteiger partial charge in [-0.2, -0.15) is 18.2 Å². The van der Waals surface area contributed by atoms with E-state index in [4.69, 9.17) is 9.47 Å². The van der Waals surface area contributed by atoms with E-state index in [9.17, 15) is 36.0 Å². The third kappa shape index (κ3) is 7.50. The Morgan fingerprint density at radius 2 is 1.87 bits per heavy atom. The minimum atomic E-state index is -4.66. The Balaban J connectivity index is 1.21. The highest BCUT2D eigenvalue weighted by Crippen LogP contribution is 2.57. The average Bonchev–Trinajstić information content (AvgIpc) is 3.99. The highest BCUT2D eigenvalue weighted by atomic mass is 32.2. The van der Waals surface area contributed by atoms with Crippen LogP contribution in [0.1, 0.15) is 76.0 Å². The van der Waals surface area contributed by atoms with E-state index in [0.29, 0.717) is 60.9 Å². The van der Waals surface area contributed by atoms with Crippen molar-refractivity contribution >= 4 is 50.0 Å². The van der Waals surface area contributed by atoms with Crippen LogP contribution in [-0.2, 0) is 25.8 Å². The molecule has 3 amide bonds. The minimum absolute atomic E-state index is 0.0262. The first-order chi connectivity index (χ1) is 26.0. The molecule has 3 aromatic rings. The summed E-state index contributed by atoms with van der Waals surface area (Å²) in [7, 11) is -0.805. The number of fused-ring (bicyclic) bond motifs is 3. The van der Waals surface area contributed by atoms with Gasteiger partial charge in [-0.15, -0.1) is 11.3 Å². The molecular formula is C37H43F3N6O7S2. The number of benzene rings is 1. The smallest absolute Gasteiger partial charge is 0.434 e. The van der Waals surface area contributed by atoms with Crippen molar-refractivity contribution in [1.82, 2.24) is 29.5 Å². The molecule has 7 rings (SSSR count). The standard InChI is InChI=1S/C37H43F3N6O7S2/c1-21-27(52-4)11-10-24-29(21)42-30(32-41-28(20-54-32)37(38,39)40)43-31(24)53-23-12-16-46-25(17-23)26(47)19-36(33(48)44-55(50,51)35(2)13-14-35)18-22(36)9-7-5-6-8-15-45(3)34(46)49/h7,9-11,20,22-23,25H,5-6,8,12-19H2,1-4H3,(H,44,48)/b9-7-/t22-,23-,25-,36+/m0/s1. The molecule has 0 radical (unpaired) electrons. The number of carbonyl (C=O) groups is 3. The highest BCUT2D eigenvalue weighted by Gasteiger charge is 2.62. The number of alkyl halides is 3. The number of urea groups is 1. The molecule has 2 aliphatic heterocycles. The lowest BCUT2D eigenvalue weighted by Crippen LogP contribution is -2.56. The van der Waals surface area contributed by atoms with Gasteiger partial charge in [0.25, 0.3) is 0 Å². The number of piperidine rings is 1. The van der Waals surface area contributed by atoms with Crippen LogP contribution in [0.25, 0.3) is 21.7 Å². The number of methoxy groups -OCH3 is 1. The molecule has 1 N–H and O–H groups in total. The fourth-order valence-corrected chi connectivity index (χ4v) is 9.56. The number of thiazole rings is 1. The van der Waals surface area contributed by atoms with E-state index in [0.717, 1.165) is 29.6 Å². The van der Waals surface area contributed by atoms with Gasteiger partial charge in [0.1, 0.15) is 11.9 Å². The van der Waals surface area contributed by atoms with Gasteiger partial charge in [-0.1, -0.05) is 12.2 Å². The van der Waals surface area contributed by atoms with Crippen LogP contribution in [0.4, 0.5) is 18.0 Å². The van der Waals surface area contributed by atoms with Gasteiger partial charge in [-0.05, 0) is 70.4 Å². The predicted molar refractivity (Wildman–Crippen MR) is 197 cm³/mol. The first-order valence-electron chi connectivity index (χ1n) is 18.3. The zero-order chi connectivity index (χ0) is 39.5. The van der Waals surface area contributed by atoms with Crippen LogP contribution in [0.15, 0.2) is 29.7 Å². The molecule has 1 aromatic carbocycles. The fraction of sp³-hybridized carbons (Fsp3) is 0.568. The normalized spacial score (nSPS) is 26.4. The first kappa shape index (κ1) is 38.9. The summed E-state index contributed by atoms with van der Waals surface area (Å²) in [6.45, 7) is 3.94. The zero-order valence-electron chi connectivity index (χ0n) is 30.9. The largest absolute Gasteiger partial charge is 0.496 e. The number of aryl methyl sites for hydroxylation is 1. The Morgan fingerprint density at radius 1 is 1.11 bits per heavy atom. The lowest BCUT2D eigenvalue weighted by Gasteiger charge is -2.40. The van der Waals surface area contributed by atoms with Crippen LogP contribution in [0.3, 0.4) is 0 Å². The lowest BCUT2D eigenvalue weighted by atomic mass is 9.87. The number of ketones is 1. The van der Waals surface area contributed by atoms with Crippen LogP contribution >= 0.6 is 11.3 Å². The number of ether oxygens (including phenoxy) is 2. The Hall–Kier alpha value is -4.32. The van der Waals surface area contributed by atoms with Gasteiger partial charge in [0.2, 0.25) is 21.8 Å². The van der Waals surface area contributed by atoms with Crippen molar-refractivity contribution < 1.29 is 45.4 Å². The molecule has 4 aliphatic rings. The second-order valence-corrected chi connectivity index (χ2v) is 18.3. The third-order valence-electron chi connectivity index (χ3n) is 11.4. The van der Waals surface area contributed by atoms with Gasteiger partial charge in [0, 0.05) is 50.3 Å². The van der Waals surface area contributed by atoms with E-state index in [1.165, 1.54) is 12.0 Å². The number of allylic oxidation sites excluding steroid dienone is 2. The molecule has 2 saturated carbocycles. The molecule has 55 heavy (non-hydrogen) atoms. The molecule has 3 fully saturated rings. The summed E-state index contributed by atoms with van der Waals surface area (Å²) in [5.41, 5.74) is -1.39. The van der Waals surface area contributed by atoms with Crippen LogP contribution in [0, 0.1) is 18.3 Å². The summed E-state index contributed by atoms with van der Waals surface area (Å²) in [5, 5.41) is 1.28. The number of rotatable bonds is 7. The minimum Gasteiger partial charge on any atom is -0.496 e. The van der Waals surface area contributed by atoms with Crippen LogP contribution in [0.2, 0.25) is 0 Å². The third-order valence-corrected chi connectivity index (χ3v) is 14.4. The fourth-order valence-electron chi connectivity index (χ4n) is 7.47. The van der Waals surface area contributed by atoms with Gasteiger partial charge in [0.05, 0.1) is 34.2 Å². The summed E-state index contributed by atoms with van der Waals surface area (Å²) in [4.78, 5) is 58.1. The van der Waals surface area contributed by atoms with Gasteiger partial charge in [-0.3, -0.25) is 14.3 Å². The number of Topliss-reactive ketones (excluding diaryl/α,β-unsaturated/α-hetero) is 1. The average molecular weight is 805 g/mol. The van der Waals surface area contributed by atoms with Crippen LogP contribution in [-0.4, -0.2) is 95.0 Å². The van der Waals surface area contributed by atoms with Gasteiger partial charge in [0.15, 0.2) is 22.3 Å². The number of hydrogen-bond donors (Lipinski definition) is 1. The molecule has 13 nitrogen and oxygen atoms in total. The number of nitrogens with zero attached hydrogens (tertiary/aromatic N) is 5. The number of carbonyl (C=O) groups excluding carboxylic acids is 3. The Labute approximate surface area is 320 Å². The number of hydrogen-bond acceptors (Lipinski definition) is 11. The maximum Gasteiger partial charge on any atom is 0.434 e. The molecule has 0 unspecified atom stereocenters. The van der Waals surface area contributed by atoms with E-state index in [2.05, 4.69) is 19.7 Å². The van der Waals surface area contributed by atoms with Crippen molar-refractivity contribution in [2.45, 2.75) is 94.7 Å². The first-order valence-corrected chi connectivity index (χ1v) is 20.7.